The first kappa shape index (κ1) is 15.7. The summed E-state index contributed by atoms with van der Waals surface area (Å²) in [5, 5.41) is 0. The third-order valence-corrected chi connectivity index (χ3v) is 4.92. The highest BCUT2D eigenvalue weighted by Gasteiger charge is 2.30. The summed E-state index contributed by atoms with van der Waals surface area (Å²) in [6.45, 7) is 0. The highest BCUT2D eigenvalue weighted by Crippen LogP contribution is 2.32. The molecule has 1 N–H and O–H groups in total. The van der Waals surface area contributed by atoms with E-state index in [1.54, 1.807) is 24.3 Å². The number of carbonyl (C=O) groups is 1. The van der Waals surface area contributed by atoms with Crippen LogP contribution in [0.15, 0.2) is 48.5 Å². The smallest absolute Gasteiger partial charge is 0.236 e. The van der Waals surface area contributed by atoms with Crippen molar-refractivity contribution in [3.05, 3.63) is 65.5 Å². The Kier molecular flexibility index (Phi) is 4.17. The van der Waals surface area contributed by atoms with Gasteiger partial charge in [0.15, 0.2) is 5.78 Å². The zero-order valence-electron chi connectivity index (χ0n) is 12.3. The standard InChI is InChI=1S/C17H16FNO3S/c18-15-7-1-12(2-8-15)11-23(21,22)19-16-9-5-14(6-10-16)17(20)13-3-4-13/h1-2,5-10,13,19H,3-4,11H2. The molecule has 23 heavy (non-hydrogen) atoms. The fraction of sp³-hybridized carbons (Fsp3) is 0.235. The molecule has 0 unspecified atom stereocenters. The topological polar surface area (TPSA) is 63.2 Å². The Bertz CT molecular complexity index is 810. The quantitative estimate of drug-likeness (QED) is 0.825. The second kappa shape index (κ2) is 6.12. The van der Waals surface area contributed by atoms with Crippen molar-refractivity contribution >= 4 is 21.5 Å². The monoisotopic (exact) mass is 333 g/mol. The van der Waals surface area contributed by atoms with Crippen LogP contribution in [0.4, 0.5) is 10.1 Å². The first-order valence-corrected chi connectivity index (χ1v) is 8.97. The Hall–Kier alpha value is -2.21. The fourth-order valence-electron chi connectivity index (χ4n) is 2.30. The van der Waals surface area contributed by atoms with E-state index < -0.39 is 15.8 Å². The number of Topliss-reactive ketones (excluding diaryl/α,β-unsaturated/α-hetero) is 1. The predicted octanol–water partition coefficient (Wildman–Crippen LogP) is 3.36. The van der Waals surface area contributed by atoms with Gasteiger partial charge in [-0.1, -0.05) is 12.1 Å². The van der Waals surface area contributed by atoms with Crippen LogP contribution in [0.2, 0.25) is 0 Å². The second-order valence-corrected chi connectivity index (χ2v) is 7.43. The SMILES string of the molecule is O=C(c1ccc(NS(=O)(=O)Cc2ccc(F)cc2)cc1)C1CC1. The normalized spacial score (nSPS) is 14.5. The lowest BCUT2D eigenvalue weighted by molar-refractivity contribution is 0.0967. The lowest BCUT2D eigenvalue weighted by Gasteiger charge is -2.09. The second-order valence-electron chi connectivity index (χ2n) is 5.70. The summed E-state index contributed by atoms with van der Waals surface area (Å²) < 4.78 is 39.5. The van der Waals surface area contributed by atoms with E-state index in [4.69, 9.17) is 0 Å². The van der Waals surface area contributed by atoms with Crippen molar-refractivity contribution in [3.63, 3.8) is 0 Å². The van der Waals surface area contributed by atoms with Crippen LogP contribution in [-0.2, 0) is 15.8 Å². The lowest BCUT2D eigenvalue weighted by atomic mass is 10.1. The van der Waals surface area contributed by atoms with Crippen molar-refractivity contribution in [2.75, 3.05) is 4.72 Å². The third kappa shape index (κ3) is 4.16. The largest absolute Gasteiger partial charge is 0.294 e. The van der Waals surface area contributed by atoms with Crippen LogP contribution in [0.5, 0.6) is 0 Å². The molecule has 6 heteroatoms. The molecule has 1 saturated carbocycles. The van der Waals surface area contributed by atoms with E-state index in [0.29, 0.717) is 16.8 Å². The van der Waals surface area contributed by atoms with Crippen LogP contribution in [0.1, 0.15) is 28.8 Å². The van der Waals surface area contributed by atoms with Crippen molar-refractivity contribution in [1.29, 1.82) is 0 Å². The number of hydrogen-bond donors (Lipinski definition) is 1. The van der Waals surface area contributed by atoms with Crippen molar-refractivity contribution in [1.82, 2.24) is 0 Å². The summed E-state index contributed by atoms with van der Waals surface area (Å²) in [5.74, 6) is -0.396. The minimum absolute atomic E-state index is 0.116. The number of anilines is 1. The van der Waals surface area contributed by atoms with Crippen LogP contribution in [0, 0.1) is 11.7 Å². The number of ketones is 1. The number of rotatable bonds is 6. The molecule has 0 radical (unpaired) electrons. The number of nitrogens with one attached hydrogen (secondary N) is 1. The maximum atomic E-state index is 12.8. The molecule has 0 amide bonds. The van der Waals surface area contributed by atoms with Gasteiger partial charge in [-0.3, -0.25) is 9.52 Å². The summed E-state index contributed by atoms with van der Waals surface area (Å²) in [6.07, 6.45) is 1.87. The molecule has 4 nitrogen and oxygen atoms in total. The molecule has 1 fully saturated rings. The van der Waals surface area contributed by atoms with Crippen molar-refractivity contribution in [3.8, 4) is 0 Å². The average Bonchev–Trinajstić information content (AvgIpc) is 3.34. The molecule has 0 aliphatic heterocycles. The van der Waals surface area contributed by atoms with Gasteiger partial charge >= 0.3 is 0 Å². The van der Waals surface area contributed by atoms with Gasteiger partial charge in [0.05, 0.1) is 5.75 Å². The van der Waals surface area contributed by atoms with Gasteiger partial charge in [-0.15, -0.1) is 0 Å². The molecule has 0 aromatic heterocycles. The maximum Gasteiger partial charge on any atom is 0.236 e. The van der Waals surface area contributed by atoms with E-state index in [2.05, 4.69) is 4.72 Å². The Morgan fingerprint density at radius 1 is 1.04 bits per heavy atom. The summed E-state index contributed by atoms with van der Waals surface area (Å²) >= 11 is 0. The van der Waals surface area contributed by atoms with Crippen molar-refractivity contribution in [2.24, 2.45) is 5.92 Å². The Balaban J connectivity index is 1.67. The van der Waals surface area contributed by atoms with Gasteiger partial charge in [0.1, 0.15) is 5.82 Å². The molecule has 0 bridgehead atoms. The third-order valence-electron chi connectivity index (χ3n) is 3.66. The molecular formula is C17H16FNO3S. The Labute approximate surface area is 134 Å². The van der Waals surface area contributed by atoms with Crippen LogP contribution >= 0.6 is 0 Å². The summed E-state index contributed by atoms with van der Waals surface area (Å²) in [7, 11) is -3.59. The molecule has 1 aliphatic carbocycles. The van der Waals surface area contributed by atoms with Gasteiger partial charge in [-0.05, 0) is 54.8 Å². The lowest BCUT2D eigenvalue weighted by Crippen LogP contribution is -2.15. The van der Waals surface area contributed by atoms with Gasteiger partial charge in [-0.2, -0.15) is 0 Å². The molecule has 0 spiro atoms. The highest BCUT2D eigenvalue weighted by molar-refractivity contribution is 7.91. The van der Waals surface area contributed by atoms with Gasteiger partial charge in [0.25, 0.3) is 0 Å². The molecule has 2 aromatic carbocycles. The molecular weight excluding hydrogens is 317 g/mol. The van der Waals surface area contributed by atoms with Gasteiger partial charge in [0, 0.05) is 17.2 Å². The number of halogens is 1. The minimum atomic E-state index is -3.59. The maximum absolute atomic E-state index is 12.8. The number of benzene rings is 2. The first-order valence-electron chi connectivity index (χ1n) is 7.32. The fourth-order valence-corrected chi connectivity index (χ4v) is 3.50. The number of hydrogen-bond acceptors (Lipinski definition) is 3. The molecule has 0 saturated heterocycles. The summed E-state index contributed by atoms with van der Waals surface area (Å²) in [6, 6.07) is 11.8. The van der Waals surface area contributed by atoms with Crippen LogP contribution in [0.25, 0.3) is 0 Å². The van der Waals surface area contributed by atoms with E-state index in [-0.39, 0.29) is 17.5 Å². The van der Waals surface area contributed by atoms with Gasteiger partial charge < -0.3 is 0 Å². The summed E-state index contributed by atoms with van der Waals surface area (Å²) in [5.41, 5.74) is 1.51. The van der Waals surface area contributed by atoms with Crippen molar-refractivity contribution in [2.45, 2.75) is 18.6 Å². The highest BCUT2D eigenvalue weighted by atomic mass is 32.2. The van der Waals surface area contributed by atoms with E-state index in [1.165, 1.54) is 24.3 Å². The first-order chi connectivity index (χ1) is 10.9. The zero-order valence-corrected chi connectivity index (χ0v) is 13.1. The van der Waals surface area contributed by atoms with Crippen LogP contribution < -0.4 is 4.72 Å². The molecule has 120 valence electrons. The molecule has 0 atom stereocenters. The molecule has 2 aromatic rings. The molecule has 0 heterocycles. The number of sulfonamides is 1. The Morgan fingerprint density at radius 2 is 1.65 bits per heavy atom. The van der Waals surface area contributed by atoms with Gasteiger partial charge in [0.2, 0.25) is 10.0 Å². The molecule has 3 rings (SSSR count). The van der Waals surface area contributed by atoms with Crippen molar-refractivity contribution < 1.29 is 17.6 Å². The van der Waals surface area contributed by atoms with E-state index in [1.807, 2.05) is 0 Å². The van der Waals surface area contributed by atoms with E-state index in [9.17, 15) is 17.6 Å². The van der Waals surface area contributed by atoms with E-state index >= 15 is 0 Å². The molecule has 1 aliphatic rings. The number of carbonyl (C=O) groups excluding carboxylic acids is 1. The Morgan fingerprint density at radius 3 is 2.22 bits per heavy atom. The summed E-state index contributed by atoms with van der Waals surface area (Å²) in [4.78, 5) is 11.9. The zero-order chi connectivity index (χ0) is 16.4. The van der Waals surface area contributed by atoms with Crippen LogP contribution in [0.3, 0.4) is 0 Å². The van der Waals surface area contributed by atoms with Gasteiger partial charge in [-0.25, -0.2) is 12.8 Å². The predicted molar refractivity (Wildman–Crippen MR) is 86.1 cm³/mol. The van der Waals surface area contributed by atoms with E-state index in [0.717, 1.165) is 12.8 Å². The minimum Gasteiger partial charge on any atom is -0.294 e. The average molecular weight is 333 g/mol. The van der Waals surface area contributed by atoms with Crippen LogP contribution in [-0.4, -0.2) is 14.2 Å².